The van der Waals surface area contributed by atoms with Crippen LogP contribution in [0.15, 0.2) is 24.3 Å². The number of likely N-dealkylation sites (tertiary alicyclic amines) is 1. The molecule has 1 heterocycles. The van der Waals surface area contributed by atoms with Crippen molar-refractivity contribution < 1.29 is 0 Å². The lowest BCUT2D eigenvalue weighted by molar-refractivity contribution is 0.339. The van der Waals surface area contributed by atoms with Crippen molar-refractivity contribution >= 4 is 0 Å². The third-order valence-electron chi connectivity index (χ3n) is 3.15. The molecule has 15 heavy (non-hydrogen) atoms. The van der Waals surface area contributed by atoms with Gasteiger partial charge < -0.3 is 10.6 Å². The van der Waals surface area contributed by atoms with Crippen molar-refractivity contribution in [3.8, 4) is 0 Å². The summed E-state index contributed by atoms with van der Waals surface area (Å²) in [6.45, 7) is 5.53. The molecule has 2 rings (SSSR count). The molecule has 2 N–H and O–H groups in total. The molecule has 1 aliphatic heterocycles. The van der Waals surface area contributed by atoms with E-state index in [4.69, 9.17) is 5.73 Å². The highest BCUT2D eigenvalue weighted by molar-refractivity contribution is 5.21. The van der Waals surface area contributed by atoms with E-state index >= 15 is 0 Å². The van der Waals surface area contributed by atoms with Crippen LogP contribution in [-0.4, -0.2) is 30.6 Å². The lowest BCUT2D eigenvalue weighted by atomic mass is 10.1. The van der Waals surface area contributed by atoms with E-state index in [9.17, 15) is 0 Å². The van der Waals surface area contributed by atoms with Crippen LogP contribution in [0.3, 0.4) is 0 Å². The van der Waals surface area contributed by atoms with Crippen LogP contribution < -0.4 is 5.73 Å². The second-order valence-corrected chi connectivity index (χ2v) is 4.58. The first-order valence-electron chi connectivity index (χ1n) is 5.77. The normalized spacial score (nSPS) is 22.1. The fraction of sp³-hybridized carbons (Fsp3) is 0.538. The van der Waals surface area contributed by atoms with Gasteiger partial charge in [0.25, 0.3) is 0 Å². The minimum Gasteiger partial charge on any atom is -0.326 e. The Morgan fingerprint density at radius 3 is 2.67 bits per heavy atom. The minimum absolute atomic E-state index is 0.406. The number of hydrogen-bond acceptors (Lipinski definition) is 2. The standard InChI is InChI=1S/C13H20N2/c1-11-2-4-12(5-3-11)6-8-15-9-7-13(14)10-15/h2-5,13H,6-10,14H2,1H3/t13-/m1/s1. The van der Waals surface area contributed by atoms with E-state index in [1.807, 2.05) is 0 Å². The fourth-order valence-electron chi connectivity index (χ4n) is 2.11. The van der Waals surface area contributed by atoms with Gasteiger partial charge in [-0.1, -0.05) is 29.8 Å². The van der Waals surface area contributed by atoms with E-state index in [2.05, 4.69) is 36.1 Å². The van der Waals surface area contributed by atoms with Crippen LogP contribution in [0.5, 0.6) is 0 Å². The van der Waals surface area contributed by atoms with Gasteiger partial charge in [0, 0.05) is 19.1 Å². The molecule has 1 aromatic rings. The van der Waals surface area contributed by atoms with Crippen molar-refractivity contribution in [3.05, 3.63) is 35.4 Å². The molecule has 0 radical (unpaired) electrons. The quantitative estimate of drug-likeness (QED) is 0.810. The van der Waals surface area contributed by atoms with Crippen LogP contribution >= 0.6 is 0 Å². The lowest BCUT2D eigenvalue weighted by Crippen LogP contribution is -2.28. The van der Waals surface area contributed by atoms with E-state index in [0.717, 1.165) is 25.9 Å². The van der Waals surface area contributed by atoms with Crippen molar-refractivity contribution in [2.24, 2.45) is 5.73 Å². The van der Waals surface area contributed by atoms with E-state index in [1.165, 1.54) is 17.7 Å². The number of nitrogens with zero attached hydrogens (tertiary/aromatic N) is 1. The van der Waals surface area contributed by atoms with E-state index < -0.39 is 0 Å². The molecule has 1 aromatic carbocycles. The number of aryl methyl sites for hydroxylation is 1. The van der Waals surface area contributed by atoms with Gasteiger partial charge >= 0.3 is 0 Å². The molecule has 1 saturated heterocycles. The van der Waals surface area contributed by atoms with Gasteiger partial charge in [-0.3, -0.25) is 0 Å². The molecule has 82 valence electrons. The molecule has 1 aliphatic rings. The van der Waals surface area contributed by atoms with Crippen LogP contribution in [0.1, 0.15) is 17.5 Å². The Hall–Kier alpha value is -0.860. The highest BCUT2D eigenvalue weighted by Crippen LogP contribution is 2.09. The van der Waals surface area contributed by atoms with Crippen molar-refractivity contribution in [3.63, 3.8) is 0 Å². The Balaban J connectivity index is 1.80. The molecule has 0 aliphatic carbocycles. The maximum atomic E-state index is 5.87. The molecule has 0 amide bonds. The lowest BCUT2D eigenvalue weighted by Gasteiger charge is -2.14. The molecule has 1 atom stereocenters. The van der Waals surface area contributed by atoms with Gasteiger partial charge in [-0.2, -0.15) is 0 Å². The Morgan fingerprint density at radius 2 is 2.07 bits per heavy atom. The Labute approximate surface area is 92.1 Å². The molecule has 0 unspecified atom stereocenters. The van der Waals surface area contributed by atoms with Gasteiger partial charge in [0.2, 0.25) is 0 Å². The number of rotatable bonds is 3. The zero-order valence-corrected chi connectivity index (χ0v) is 9.45. The molecule has 2 heteroatoms. The Morgan fingerprint density at radius 1 is 1.33 bits per heavy atom. The smallest absolute Gasteiger partial charge is 0.0180 e. The van der Waals surface area contributed by atoms with Crippen LogP contribution in [0, 0.1) is 6.92 Å². The van der Waals surface area contributed by atoms with Crippen LogP contribution in [0.25, 0.3) is 0 Å². The Kier molecular flexibility index (Phi) is 3.39. The third kappa shape index (κ3) is 3.05. The van der Waals surface area contributed by atoms with Gasteiger partial charge in [0.05, 0.1) is 0 Å². The summed E-state index contributed by atoms with van der Waals surface area (Å²) >= 11 is 0. The molecule has 1 fully saturated rings. The summed E-state index contributed by atoms with van der Waals surface area (Å²) in [5, 5.41) is 0. The van der Waals surface area contributed by atoms with Gasteiger partial charge in [-0.05, 0) is 31.9 Å². The van der Waals surface area contributed by atoms with Gasteiger partial charge in [0.15, 0.2) is 0 Å². The van der Waals surface area contributed by atoms with Crippen LogP contribution in [0.4, 0.5) is 0 Å². The molecule has 2 nitrogen and oxygen atoms in total. The molecule has 0 spiro atoms. The van der Waals surface area contributed by atoms with Crippen LogP contribution in [-0.2, 0) is 6.42 Å². The molecule has 0 aromatic heterocycles. The SMILES string of the molecule is Cc1ccc(CCN2CC[C@@H](N)C2)cc1. The van der Waals surface area contributed by atoms with Crippen molar-refractivity contribution in [1.82, 2.24) is 4.90 Å². The summed E-state index contributed by atoms with van der Waals surface area (Å²) in [5.74, 6) is 0. The van der Waals surface area contributed by atoms with Crippen molar-refractivity contribution in [1.29, 1.82) is 0 Å². The van der Waals surface area contributed by atoms with E-state index in [1.54, 1.807) is 0 Å². The largest absolute Gasteiger partial charge is 0.326 e. The highest BCUT2D eigenvalue weighted by Gasteiger charge is 2.17. The van der Waals surface area contributed by atoms with Gasteiger partial charge in [0.1, 0.15) is 0 Å². The van der Waals surface area contributed by atoms with E-state index in [0.29, 0.717) is 6.04 Å². The second-order valence-electron chi connectivity index (χ2n) is 4.58. The average Bonchev–Trinajstić information content (AvgIpc) is 2.64. The molecular formula is C13H20N2. The van der Waals surface area contributed by atoms with Gasteiger partial charge in [-0.25, -0.2) is 0 Å². The summed E-state index contributed by atoms with van der Waals surface area (Å²) in [6, 6.07) is 9.23. The second kappa shape index (κ2) is 4.77. The summed E-state index contributed by atoms with van der Waals surface area (Å²) in [5.41, 5.74) is 8.64. The van der Waals surface area contributed by atoms with E-state index in [-0.39, 0.29) is 0 Å². The summed E-state index contributed by atoms with van der Waals surface area (Å²) < 4.78 is 0. The summed E-state index contributed by atoms with van der Waals surface area (Å²) in [6.07, 6.45) is 2.31. The summed E-state index contributed by atoms with van der Waals surface area (Å²) in [4.78, 5) is 2.46. The topological polar surface area (TPSA) is 29.3 Å². The number of benzene rings is 1. The highest BCUT2D eigenvalue weighted by atomic mass is 15.2. The number of hydrogen-bond donors (Lipinski definition) is 1. The maximum Gasteiger partial charge on any atom is 0.0180 e. The Bertz CT molecular complexity index is 305. The number of nitrogens with two attached hydrogens (primary N) is 1. The summed E-state index contributed by atoms with van der Waals surface area (Å²) in [7, 11) is 0. The van der Waals surface area contributed by atoms with Crippen molar-refractivity contribution in [2.75, 3.05) is 19.6 Å². The predicted octanol–water partition coefficient (Wildman–Crippen LogP) is 1.57. The molecule has 0 saturated carbocycles. The minimum atomic E-state index is 0.406. The average molecular weight is 204 g/mol. The molecular weight excluding hydrogens is 184 g/mol. The maximum absolute atomic E-state index is 5.87. The predicted molar refractivity (Wildman–Crippen MR) is 63.9 cm³/mol. The monoisotopic (exact) mass is 204 g/mol. The zero-order valence-electron chi connectivity index (χ0n) is 9.45. The zero-order chi connectivity index (χ0) is 10.7. The fourth-order valence-corrected chi connectivity index (χ4v) is 2.11. The first-order valence-corrected chi connectivity index (χ1v) is 5.77. The molecule has 0 bridgehead atoms. The first kappa shape index (κ1) is 10.7. The van der Waals surface area contributed by atoms with Crippen LogP contribution in [0.2, 0.25) is 0 Å². The van der Waals surface area contributed by atoms with Crippen molar-refractivity contribution in [2.45, 2.75) is 25.8 Å². The van der Waals surface area contributed by atoms with Gasteiger partial charge in [-0.15, -0.1) is 0 Å². The first-order chi connectivity index (χ1) is 7.24. The third-order valence-corrected chi connectivity index (χ3v) is 3.15.